The average molecular weight is 272 g/mol. The number of nitrogens with one attached hydrogen (secondary N) is 2. The lowest BCUT2D eigenvalue weighted by Gasteiger charge is -2.09. The summed E-state index contributed by atoms with van der Waals surface area (Å²) in [7, 11) is 0. The molecule has 0 saturated heterocycles. The first-order valence-corrected chi connectivity index (χ1v) is 7.02. The zero-order valence-electron chi connectivity index (χ0n) is 11.5. The van der Waals surface area contributed by atoms with Crippen LogP contribution >= 0.6 is 0 Å². The summed E-state index contributed by atoms with van der Waals surface area (Å²) in [4.78, 5) is 23.4. The number of allylic oxidation sites excluding steroid dienone is 2. The van der Waals surface area contributed by atoms with Crippen LogP contribution in [-0.4, -0.2) is 24.9 Å². The fourth-order valence-corrected chi connectivity index (χ4v) is 2.25. The molecule has 0 aromatic heterocycles. The predicted octanol–water partition coefficient (Wildman–Crippen LogP) is 1.89. The molecule has 1 aromatic rings. The first-order chi connectivity index (χ1) is 9.75. The molecule has 0 fully saturated rings. The van der Waals surface area contributed by atoms with E-state index in [2.05, 4.69) is 22.8 Å². The van der Waals surface area contributed by atoms with Crippen LogP contribution in [0, 0.1) is 5.92 Å². The molecule has 1 aliphatic carbocycles. The molecule has 20 heavy (non-hydrogen) atoms. The number of carbonyl (C=O) groups excluding carboxylic acids is 2. The van der Waals surface area contributed by atoms with E-state index < -0.39 is 0 Å². The Kier molecular flexibility index (Phi) is 5.35. The number of hydrogen-bond acceptors (Lipinski definition) is 2. The Bertz CT molecular complexity index is 483. The van der Waals surface area contributed by atoms with E-state index >= 15 is 0 Å². The molecule has 2 N–H and O–H groups in total. The Morgan fingerprint density at radius 3 is 2.55 bits per heavy atom. The van der Waals surface area contributed by atoms with Crippen LogP contribution in [-0.2, 0) is 4.79 Å². The van der Waals surface area contributed by atoms with Gasteiger partial charge in [-0.1, -0.05) is 30.4 Å². The van der Waals surface area contributed by atoms with Gasteiger partial charge in [-0.3, -0.25) is 9.59 Å². The second-order valence-corrected chi connectivity index (χ2v) is 4.94. The standard InChI is InChI=1S/C16H20N2O2/c19-15(12-13-6-4-5-7-13)17-10-11-18-16(20)14-8-2-1-3-9-14/h1-4,6,8-9,13H,5,7,10-12H2,(H,17,19)(H,18,20)/t13-/m0/s1. The lowest BCUT2D eigenvalue weighted by atomic mass is 10.1. The molecule has 2 amide bonds. The van der Waals surface area contributed by atoms with Gasteiger partial charge in [-0.15, -0.1) is 0 Å². The summed E-state index contributed by atoms with van der Waals surface area (Å²) in [5, 5.41) is 5.61. The van der Waals surface area contributed by atoms with E-state index in [1.807, 2.05) is 18.2 Å². The molecular weight excluding hydrogens is 252 g/mol. The Morgan fingerprint density at radius 1 is 1.10 bits per heavy atom. The molecule has 0 bridgehead atoms. The molecule has 0 heterocycles. The third-order valence-corrected chi connectivity index (χ3v) is 3.33. The van der Waals surface area contributed by atoms with E-state index in [0.717, 1.165) is 12.8 Å². The molecule has 2 rings (SSSR count). The van der Waals surface area contributed by atoms with Crippen molar-refractivity contribution >= 4 is 11.8 Å². The van der Waals surface area contributed by atoms with Crippen molar-refractivity contribution in [3.63, 3.8) is 0 Å². The molecule has 0 saturated carbocycles. The summed E-state index contributed by atoms with van der Waals surface area (Å²) in [6.07, 6.45) is 6.92. The number of benzene rings is 1. The van der Waals surface area contributed by atoms with Crippen molar-refractivity contribution in [1.29, 1.82) is 0 Å². The van der Waals surface area contributed by atoms with E-state index in [1.54, 1.807) is 12.1 Å². The normalized spacial score (nSPS) is 16.9. The van der Waals surface area contributed by atoms with Crippen molar-refractivity contribution in [2.24, 2.45) is 5.92 Å². The molecule has 4 heteroatoms. The maximum Gasteiger partial charge on any atom is 0.251 e. The van der Waals surface area contributed by atoms with Gasteiger partial charge in [-0.2, -0.15) is 0 Å². The van der Waals surface area contributed by atoms with Crippen LogP contribution in [0.4, 0.5) is 0 Å². The Balaban J connectivity index is 1.60. The lowest BCUT2D eigenvalue weighted by Crippen LogP contribution is -2.35. The van der Waals surface area contributed by atoms with Crippen molar-refractivity contribution in [2.45, 2.75) is 19.3 Å². The van der Waals surface area contributed by atoms with Crippen LogP contribution in [0.2, 0.25) is 0 Å². The third-order valence-electron chi connectivity index (χ3n) is 3.33. The minimum atomic E-state index is -0.112. The van der Waals surface area contributed by atoms with Gasteiger partial charge in [-0.25, -0.2) is 0 Å². The van der Waals surface area contributed by atoms with Crippen LogP contribution in [0.1, 0.15) is 29.6 Å². The number of amides is 2. The minimum Gasteiger partial charge on any atom is -0.354 e. The molecule has 0 spiro atoms. The molecule has 0 aliphatic heterocycles. The molecule has 1 aromatic carbocycles. The third kappa shape index (κ3) is 4.53. The van der Waals surface area contributed by atoms with Crippen molar-refractivity contribution in [3.05, 3.63) is 48.0 Å². The first-order valence-electron chi connectivity index (χ1n) is 7.02. The largest absolute Gasteiger partial charge is 0.354 e. The van der Waals surface area contributed by atoms with E-state index in [9.17, 15) is 9.59 Å². The van der Waals surface area contributed by atoms with Gasteiger partial charge >= 0.3 is 0 Å². The second-order valence-electron chi connectivity index (χ2n) is 4.94. The van der Waals surface area contributed by atoms with Gasteiger partial charge in [0.25, 0.3) is 5.91 Å². The minimum absolute atomic E-state index is 0.0514. The summed E-state index contributed by atoms with van der Waals surface area (Å²) in [5.74, 6) is 0.322. The molecule has 0 radical (unpaired) electrons. The highest BCUT2D eigenvalue weighted by atomic mass is 16.2. The zero-order chi connectivity index (χ0) is 14.2. The Labute approximate surface area is 119 Å². The van der Waals surface area contributed by atoms with Gasteiger partial charge in [0.05, 0.1) is 0 Å². The van der Waals surface area contributed by atoms with Gasteiger partial charge < -0.3 is 10.6 Å². The topological polar surface area (TPSA) is 58.2 Å². The maximum absolute atomic E-state index is 11.7. The van der Waals surface area contributed by atoms with Crippen molar-refractivity contribution < 1.29 is 9.59 Å². The van der Waals surface area contributed by atoms with Gasteiger partial charge in [0, 0.05) is 25.1 Å². The molecular formula is C16H20N2O2. The van der Waals surface area contributed by atoms with Gasteiger partial charge in [0.1, 0.15) is 0 Å². The van der Waals surface area contributed by atoms with Crippen LogP contribution in [0.25, 0.3) is 0 Å². The summed E-state index contributed by atoms with van der Waals surface area (Å²) >= 11 is 0. The van der Waals surface area contributed by atoms with Crippen LogP contribution in [0.5, 0.6) is 0 Å². The molecule has 1 aliphatic rings. The molecule has 4 nitrogen and oxygen atoms in total. The molecule has 0 unspecified atom stereocenters. The highest BCUT2D eigenvalue weighted by Gasteiger charge is 2.13. The van der Waals surface area contributed by atoms with E-state index in [4.69, 9.17) is 0 Å². The van der Waals surface area contributed by atoms with Crippen molar-refractivity contribution in [3.8, 4) is 0 Å². The predicted molar refractivity (Wildman–Crippen MR) is 78.3 cm³/mol. The van der Waals surface area contributed by atoms with Crippen LogP contribution in [0.3, 0.4) is 0 Å². The fraction of sp³-hybridized carbons (Fsp3) is 0.375. The highest BCUT2D eigenvalue weighted by Crippen LogP contribution is 2.19. The fourth-order valence-electron chi connectivity index (χ4n) is 2.25. The smallest absolute Gasteiger partial charge is 0.251 e. The van der Waals surface area contributed by atoms with Crippen molar-refractivity contribution in [1.82, 2.24) is 10.6 Å². The number of rotatable bonds is 6. The zero-order valence-corrected chi connectivity index (χ0v) is 11.5. The summed E-state index contributed by atoms with van der Waals surface area (Å²) in [6, 6.07) is 9.05. The number of hydrogen-bond donors (Lipinski definition) is 2. The van der Waals surface area contributed by atoms with E-state index in [-0.39, 0.29) is 11.8 Å². The van der Waals surface area contributed by atoms with Crippen LogP contribution < -0.4 is 10.6 Å². The van der Waals surface area contributed by atoms with Gasteiger partial charge in [0.2, 0.25) is 5.91 Å². The van der Waals surface area contributed by atoms with Crippen molar-refractivity contribution in [2.75, 3.05) is 13.1 Å². The summed E-state index contributed by atoms with van der Waals surface area (Å²) in [6.45, 7) is 0.911. The lowest BCUT2D eigenvalue weighted by molar-refractivity contribution is -0.121. The SMILES string of the molecule is O=C(C[C@H]1C=CCC1)NCCNC(=O)c1ccccc1. The summed E-state index contributed by atoms with van der Waals surface area (Å²) in [5.41, 5.74) is 0.634. The van der Waals surface area contributed by atoms with Gasteiger partial charge in [-0.05, 0) is 30.9 Å². The monoisotopic (exact) mass is 272 g/mol. The Hall–Kier alpha value is -2.10. The highest BCUT2D eigenvalue weighted by molar-refractivity contribution is 5.94. The second kappa shape index (κ2) is 7.48. The average Bonchev–Trinajstić information content (AvgIpc) is 2.97. The van der Waals surface area contributed by atoms with Gasteiger partial charge in [0.15, 0.2) is 0 Å². The summed E-state index contributed by atoms with van der Waals surface area (Å²) < 4.78 is 0. The van der Waals surface area contributed by atoms with E-state index in [1.165, 1.54) is 0 Å². The molecule has 1 atom stereocenters. The maximum atomic E-state index is 11.7. The number of carbonyl (C=O) groups is 2. The quantitative estimate of drug-likeness (QED) is 0.613. The van der Waals surface area contributed by atoms with Crippen LogP contribution in [0.15, 0.2) is 42.5 Å². The van der Waals surface area contributed by atoms with E-state index in [0.29, 0.717) is 31.0 Å². The molecule has 106 valence electrons. The first kappa shape index (κ1) is 14.3. The Morgan fingerprint density at radius 2 is 1.85 bits per heavy atom.